The van der Waals surface area contributed by atoms with Crippen molar-refractivity contribution >= 4 is 40.7 Å². The van der Waals surface area contributed by atoms with E-state index >= 15 is 0 Å². The standard InChI is InChI=1S/C18H22FN3OS.HI/c1-20-18(22-13-16-9-5-6-10-17(16)19)21-11-12-24(23)14-15-7-3-2-4-8-15;/h2-10H,11-14H2,1H3,(H2,20,21,22);1H. The Kier molecular flexibility index (Phi) is 10.3. The van der Waals surface area contributed by atoms with Crippen molar-refractivity contribution in [2.45, 2.75) is 12.3 Å². The molecule has 0 radical (unpaired) electrons. The Hall–Kier alpha value is -1.48. The molecule has 0 heterocycles. The Bertz CT molecular complexity index is 698. The van der Waals surface area contributed by atoms with Crippen LogP contribution < -0.4 is 10.6 Å². The van der Waals surface area contributed by atoms with E-state index in [1.165, 1.54) is 6.07 Å². The minimum absolute atomic E-state index is 0. The van der Waals surface area contributed by atoms with E-state index < -0.39 is 10.8 Å². The van der Waals surface area contributed by atoms with Crippen LogP contribution in [0.3, 0.4) is 0 Å². The molecule has 0 bridgehead atoms. The molecule has 0 aromatic heterocycles. The summed E-state index contributed by atoms with van der Waals surface area (Å²) in [5.41, 5.74) is 1.64. The van der Waals surface area contributed by atoms with Gasteiger partial charge < -0.3 is 10.6 Å². The third kappa shape index (κ3) is 7.96. The fourth-order valence-corrected chi connectivity index (χ4v) is 3.20. The summed E-state index contributed by atoms with van der Waals surface area (Å²) >= 11 is 0. The average Bonchev–Trinajstić information content (AvgIpc) is 2.60. The van der Waals surface area contributed by atoms with E-state index in [0.29, 0.717) is 36.1 Å². The predicted octanol–water partition coefficient (Wildman–Crippen LogP) is 3.06. The number of nitrogens with zero attached hydrogens (tertiary/aromatic N) is 1. The van der Waals surface area contributed by atoms with Crippen LogP contribution in [0.25, 0.3) is 0 Å². The SMILES string of the molecule is CN=C(NCCS(=O)Cc1ccccc1)NCc1ccccc1F.I. The molecule has 2 rings (SSSR count). The van der Waals surface area contributed by atoms with E-state index in [1.807, 2.05) is 30.3 Å². The van der Waals surface area contributed by atoms with E-state index in [2.05, 4.69) is 15.6 Å². The molecular weight excluding hydrogens is 452 g/mol. The second kappa shape index (κ2) is 12.0. The maximum atomic E-state index is 13.6. The van der Waals surface area contributed by atoms with Crippen LogP contribution in [0.2, 0.25) is 0 Å². The Morgan fingerprint density at radius 2 is 1.76 bits per heavy atom. The molecule has 0 saturated carbocycles. The fraction of sp³-hybridized carbons (Fsp3) is 0.278. The minimum Gasteiger partial charge on any atom is -0.355 e. The van der Waals surface area contributed by atoms with Gasteiger partial charge in [-0.05, 0) is 11.6 Å². The summed E-state index contributed by atoms with van der Waals surface area (Å²) in [7, 11) is 0.712. The molecule has 0 aliphatic carbocycles. The van der Waals surface area contributed by atoms with Gasteiger partial charge >= 0.3 is 0 Å². The van der Waals surface area contributed by atoms with Gasteiger partial charge in [0, 0.05) is 48.0 Å². The second-order valence-electron chi connectivity index (χ2n) is 5.22. The predicted molar refractivity (Wildman–Crippen MR) is 113 cm³/mol. The van der Waals surface area contributed by atoms with Gasteiger partial charge in [-0.3, -0.25) is 9.20 Å². The number of halogens is 2. The molecule has 0 saturated heterocycles. The summed E-state index contributed by atoms with van der Waals surface area (Å²) in [4.78, 5) is 4.09. The van der Waals surface area contributed by atoms with Crippen molar-refractivity contribution in [2.24, 2.45) is 4.99 Å². The molecule has 0 amide bonds. The summed E-state index contributed by atoms with van der Waals surface area (Å²) in [5.74, 6) is 1.39. The molecule has 0 aliphatic rings. The number of nitrogens with one attached hydrogen (secondary N) is 2. The monoisotopic (exact) mass is 475 g/mol. The second-order valence-corrected chi connectivity index (χ2v) is 6.79. The molecule has 1 atom stereocenters. The number of rotatable bonds is 7. The van der Waals surface area contributed by atoms with Gasteiger partial charge in [-0.1, -0.05) is 48.5 Å². The van der Waals surface area contributed by atoms with Gasteiger partial charge in [0.25, 0.3) is 0 Å². The van der Waals surface area contributed by atoms with Gasteiger partial charge in [-0.15, -0.1) is 24.0 Å². The van der Waals surface area contributed by atoms with E-state index in [-0.39, 0.29) is 29.8 Å². The molecule has 2 aromatic rings. The van der Waals surface area contributed by atoms with Crippen LogP contribution in [0.4, 0.5) is 4.39 Å². The van der Waals surface area contributed by atoms with Crippen molar-refractivity contribution < 1.29 is 8.60 Å². The molecule has 136 valence electrons. The van der Waals surface area contributed by atoms with Crippen LogP contribution in [0.5, 0.6) is 0 Å². The molecule has 2 N–H and O–H groups in total. The highest BCUT2D eigenvalue weighted by Crippen LogP contribution is 2.05. The van der Waals surface area contributed by atoms with Gasteiger partial charge in [-0.2, -0.15) is 0 Å². The molecule has 0 aliphatic heterocycles. The highest BCUT2D eigenvalue weighted by atomic mass is 127. The largest absolute Gasteiger partial charge is 0.355 e. The lowest BCUT2D eigenvalue weighted by atomic mass is 10.2. The van der Waals surface area contributed by atoms with Crippen molar-refractivity contribution in [3.8, 4) is 0 Å². The summed E-state index contributed by atoms with van der Waals surface area (Å²) < 4.78 is 25.6. The summed E-state index contributed by atoms with van der Waals surface area (Å²) in [5, 5.41) is 6.15. The molecule has 2 aromatic carbocycles. The van der Waals surface area contributed by atoms with Crippen molar-refractivity contribution in [1.29, 1.82) is 0 Å². The van der Waals surface area contributed by atoms with Gasteiger partial charge in [0.2, 0.25) is 0 Å². The maximum absolute atomic E-state index is 13.6. The Morgan fingerprint density at radius 1 is 1.08 bits per heavy atom. The average molecular weight is 475 g/mol. The fourth-order valence-electron chi connectivity index (χ4n) is 2.16. The van der Waals surface area contributed by atoms with E-state index in [0.717, 1.165) is 5.56 Å². The van der Waals surface area contributed by atoms with Crippen molar-refractivity contribution in [3.05, 3.63) is 71.5 Å². The highest BCUT2D eigenvalue weighted by Gasteiger charge is 2.04. The molecule has 1 unspecified atom stereocenters. The smallest absolute Gasteiger partial charge is 0.191 e. The Labute approximate surface area is 167 Å². The zero-order chi connectivity index (χ0) is 17.2. The number of guanidine groups is 1. The number of hydrogen-bond acceptors (Lipinski definition) is 2. The quantitative estimate of drug-likeness (QED) is 0.368. The first kappa shape index (κ1) is 21.6. The third-order valence-corrected chi connectivity index (χ3v) is 4.74. The zero-order valence-electron chi connectivity index (χ0n) is 14.1. The lowest BCUT2D eigenvalue weighted by Gasteiger charge is -2.12. The summed E-state index contributed by atoms with van der Waals surface area (Å²) in [6, 6.07) is 16.4. The molecule has 25 heavy (non-hydrogen) atoms. The molecule has 0 fully saturated rings. The number of hydrogen-bond donors (Lipinski definition) is 2. The van der Waals surface area contributed by atoms with Crippen LogP contribution in [0.1, 0.15) is 11.1 Å². The van der Waals surface area contributed by atoms with Crippen LogP contribution in [-0.4, -0.2) is 29.5 Å². The van der Waals surface area contributed by atoms with Gasteiger partial charge in [-0.25, -0.2) is 4.39 Å². The van der Waals surface area contributed by atoms with E-state index in [4.69, 9.17) is 0 Å². The van der Waals surface area contributed by atoms with Crippen molar-refractivity contribution in [2.75, 3.05) is 19.3 Å². The maximum Gasteiger partial charge on any atom is 0.191 e. The number of benzene rings is 2. The van der Waals surface area contributed by atoms with Crippen LogP contribution in [0.15, 0.2) is 59.6 Å². The van der Waals surface area contributed by atoms with Crippen molar-refractivity contribution in [3.63, 3.8) is 0 Å². The van der Waals surface area contributed by atoms with E-state index in [1.54, 1.807) is 25.2 Å². The zero-order valence-corrected chi connectivity index (χ0v) is 17.2. The number of aliphatic imine (C=N–C) groups is 1. The van der Waals surface area contributed by atoms with Crippen molar-refractivity contribution in [1.82, 2.24) is 10.6 Å². The first-order valence-electron chi connectivity index (χ1n) is 7.76. The molecule has 7 heteroatoms. The Balaban J connectivity index is 0.00000312. The van der Waals surface area contributed by atoms with Crippen LogP contribution in [0, 0.1) is 5.82 Å². The first-order valence-corrected chi connectivity index (χ1v) is 9.24. The first-order chi connectivity index (χ1) is 11.7. The van der Waals surface area contributed by atoms with Gasteiger partial charge in [0.05, 0.1) is 0 Å². The summed E-state index contributed by atoms with van der Waals surface area (Å²) in [6.07, 6.45) is 0. The molecular formula is C18H23FIN3OS. The normalized spacial score (nSPS) is 12.2. The van der Waals surface area contributed by atoms with Crippen LogP contribution >= 0.6 is 24.0 Å². The topological polar surface area (TPSA) is 53.5 Å². The van der Waals surface area contributed by atoms with Gasteiger partial charge in [0.15, 0.2) is 5.96 Å². The van der Waals surface area contributed by atoms with Gasteiger partial charge in [0.1, 0.15) is 5.82 Å². The lowest BCUT2D eigenvalue weighted by molar-refractivity contribution is 0.605. The lowest BCUT2D eigenvalue weighted by Crippen LogP contribution is -2.38. The molecule has 4 nitrogen and oxygen atoms in total. The van der Waals surface area contributed by atoms with E-state index in [9.17, 15) is 8.60 Å². The minimum atomic E-state index is -0.938. The van der Waals surface area contributed by atoms with Crippen LogP contribution in [-0.2, 0) is 23.1 Å². The third-order valence-electron chi connectivity index (χ3n) is 3.42. The molecule has 0 spiro atoms. The Morgan fingerprint density at radius 3 is 2.44 bits per heavy atom. The highest BCUT2D eigenvalue weighted by molar-refractivity contribution is 14.0. The summed E-state index contributed by atoms with van der Waals surface area (Å²) in [6.45, 7) is 0.885.